The maximum absolute atomic E-state index is 12.5. The van der Waals surface area contributed by atoms with Crippen molar-refractivity contribution in [2.45, 2.75) is 50.6 Å². The van der Waals surface area contributed by atoms with Crippen LogP contribution < -0.4 is 0 Å². The van der Waals surface area contributed by atoms with Gasteiger partial charge in [-0.3, -0.25) is 4.79 Å². The number of carbonyl (C=O) groups excluding carboxylic acids is 1. The molecule has 0 aromatic heterocycles. The number of carbonyl (C=O) groups is 1. The van der Waals surface area contributed by atoms with E-state index < -0.39 is 5.72 Å². The van der Waals surface area contributed by atoms with Gasteiger partial charge in [0, 0.05) is 13.0 Å². The lowest BCUT2D eigenvalue weighted by Gasteiger charge is -2.29. The number of hydrogen-bond donors (Lipinski definition) is 1. The standard InChI is InChI=1S/C16H23NO2S/c1-3-4-10-20-14-11-16(2,19)17(15(14)18)12-13-8-6-5-7-9-13/h5-9,14,19H,3-4,10-12H2,1-2H3. The predicted molar refractivity (Wildman–Crippen MR) is 83.4 cm³/mol. The molecular formula is C16H23NO2S. The topological polar surface area (TPSA) is 40.5 Å². The first-order chi connectivity index (χ1) is 9.54. The monoisotopic (exact) mass is 293 g/mol. The van der Waals surface area contributed by atoms with Gasteiger partial charge in [0.2, 0.25) is 5.91 Å². The van der Waals surface area contributed by atoms with Crippen molar-refractivity contribution in [3.63, 3.8) is 0 Å². The Hall–Kier alpha value is -1.00. The SMILES string of the molecule is CCCCSC1CC(C)(O)N(Cc2ccccc2)C1=O. The summed E-state index contributed by atoms with van der Waals surface area (Å²) >= 11 is 1.68. The summed E-state index contributed by atoms with van der Waals surface area (Å²) in [5.41, 5.74) is 0.0249. The summed E-state index contributed by atoms with van der Waals surface area (Å²) in [6, 6.07) is 9.84. The van der Waals surface area contributed by atoms with Crippen molar-refractivity contribution in [1.29, 1.82) is 0 Å². The van der Waals surface area contributed by atoms with E-state index in [1.54, 1.807) is 23.6 Å². The Bertz CT molecular complexity index is 447. The van der Waals surface area contributed by atoms with E-state index in [4.69, 9.17) is 0 Å². The third-order valence-electron chi connectivity index (χ3n) is 3.70. The number of rotatable bonds is 6. The summed E-state index contributed by atoms with van der Waals surface area (Å²) < 4.78 is 0. The summed E-state index contributed by atoms with van der Waals surface area (Å²) in [4.78, 5) is 14.1. The third-order valence-corrected chi connectivity index (χ3v) is 4.99. The van der Waals surface area contributed by atoms with Gasteiger partial charge < -0.3 is 10.0 Å². The Kier molecular flexibility index (Phi) is 5.11. The summed E-state index contributed by atoms with van der Waals surface area (Å²) in [5, 5.41) is 10.4. The smallest absolute Gasteiger partial charge is 0.238 e. The quantitative estimate of drug-likeness (QED) is 0.820. The molecule has 2 unspecified atom stereocenters. The molecule has 1 aliphatic heterocycles. The van der Waals surface area contributed by atoms with E-state index in [0.717, 1.165) is 24.2 Å². The molecule has 1 heterocycles. The van der Waals surface area contributed by atoms with Gasteiger partial charge in [-0.25, -0.2) is 0 Å². The Balaban J connectivity index is 2.02. The molecule has 0 spiro atoms. The maximum atomic E-state index is 12.5. The normalized spacial score (nSPS) is 26.2. The molecule has 1 amide bonds. The van der Waals surface area contributed by atoms with E-state index in [-0.39, 0.29) is 11.2 Å². The van der Waals surface area contributed by atoms with Gasteiger partial charge in [0.05, 0.1) is 5.25 Å². The van der Waals surface area contributed by atoms with Crippen LogP contribution in [0.15, 0.2) is 30.3 Å². The van der Waals surface area contributed by atoms with E-state index in [1.807, 2.05) is 30.3 Å². The van der Waals surface area contributed by atoms with Crippen LogP contribution in [-0.2, 0) is 11.3 Å². The lowest BCUT2D eigenvalue weighted by Crippen LogP contribution is -2.42. The predicted octanol–water partition coefficient (Wildman–Crippen LogP) is 3.03. The molecule has 0 aliphatic carbocycles. The minimum Gasteiger partial charge on any atom is -0.371 e. The van der Waals surface area contributed by atoms with E-state index >= 15 is 0 Å². The number of nitrogens with zero attached hydrogens (tertiary/aromatic N) is 1. The highest BCUT2D eigenvalue weighted by molar-refractivity contribution is 8.00. The lowest BCUT2D eigenvalue weighted by atomic mass is 10.1. The van der Waals surface area contributed by atoms with Crippen LogP contribution in [0.25, 0.3) is 0 Å². The van der Waals surface area contributed by atoms with Crippen LogP contribution >= 0.6 is 11.8 Å². The fourth-order valence-corrected chi connectivity index (χ4v) is 3.92. The van der Waals surface area contributed by atoms with Gasteiger partial charge >= 0.3 is 0 Å². The molecule has 1 aromatic carbocycles. The highest BCUT2D eigenvalue weighted by Gasteiger charge is 2.46. The van der Waals surface area contributed by atoms with Crippen molar-refractivity contribution in [3.05, 3.63) is 35.9 Å². The van der Waals surface area contributed by atoms with Crippen LogP contribution in [0.5, 0.6) is 0 Å². The Morgan fingerprint density at radius 2 is 2.10 bits per heavy atom. The molecule has 1 saturated heterocycles. The summed E-state index contributed by atoms with van der Waals surface area (Å²) in [7, 11) is 0. The van der Waals surface area contributed by atoms with Crippen molar-refractivity contribution in [3.8, 4) is 0 Å². The minimum atomic E-state index is -1.03. The van der Waals surface area contributed by atoms with Crippen molar-refractivity contribution in [2.24, 2.45) is 0 Å². The van der Waals surface area contributed by atoms with Crippen LogP contribution in [0.1, 0.15) is 38.7 Å². The molecule has 1 N–H and O–H groups in total. The largest absolute Gasteiger partial charge is 0.371 e. The van der Waals surface area contributed by atoms with Gasteiger partial charge in [-0.2, -0.15) is 0 Å². The van der Waals surface area contributed by atoms with E-state index in [2.05, 4.69) is 6.92 Å². The molecule has 20 heavy (non-hydrogen) atoms. The first-order valence-corrected chi connectivity index (χ1v) is 8.29. The van der Waals surface area contributed by atoms with Gasteiger partial charge in [0.15, 0.2) is 0 Å². The molecule has 2 atom stereocenters. The Morgan fingerprint density at radius 3 is 2.75 bits per heavy atom. The van der Waals surface area contributed by atoms with Gasteiger partial charge in [0.25, 0.3) is 0 Å². The summed E-state index contributed by atoms with van der Waals surface area (Å²) in [5.74, 6) is 1.06. The zero-order valence-corrected chi connectivity index (χ0v) is 13.0. The molecule has 0 saturated carbocycles. The van der Waals surface area contributed by atoms with Crippen molar-refractivity contribution in [1.82, 2.24) is 4.90 Å². The highest BCUT2D eigenvalue weighted by Crippen LogP contribution is 2.36. The second-order valence-electron chi connectivity index (χ2n) is 5.54. The fraction of sp³-hybridized carbons (Fsp3) is 0.562. The zero-order chi connectivity index (χ0) is 14.6. The fourth-order valence-electron chi connectivity index (χ4n) is 2.47. The maximum Gasteiger partial charge on any atom is 0.238 e. The minimum absolute atomic E-state index is 0.0694. The number of benzene rings is 1. The van der Waals surface area contributed by atoms with Crippen molar-refractivity contribution >= 4 is 17.7 Å². The number of aliphatic hydroxyl groups is 1. The number of likely N-dealkylation sites (tertiary alicyclic amines) is 1. The van der Waals surface area contributed by atoms with Crippen LogP contribution in [0.3, 0.4) is 0 Å². The summed E-state index contributed by atoms with van der Waals surface area (Å²) in [6.45, 7) is 4.38. The van der Waals surface area contributed by atoms with Crippen LogP contribution in [0, 0.1) is 0 Å². The van der Waals surface area contributed by atoms with Crippen LogP contribution in [0.4, 0.5) is 0 Å². The summed E-state index contributed by atoms with van der Waals surface area (Å²) in [6.07, 6.45) is 2.78. The van der Waals surface area contributed by atoms with E-state index in [0.29, 0.717) is 13.0 Å². The Morgan fingerprint density at radius 1 is 1.40 bits per heavy atom. The molecule has 4 heteroatoms. The molecule has 0 bridgehead atoms. The number of unbranched alkanes of at least 4 members (excludes halogenated alkanes) is 1. The van der Waals surface area contributed by atoms with Gasteiger partial charge in [-0.05, 0) is 24.7 Å². The lowest BCUT2D eigenvalue weighted by molar-refractivity contribution is -0.143. The van der Waals surface area contributed by atoms with Gasteiger partial charge in [0.1, 0.15) is 5.72 Å². The molecule has 2 rings (SSSR count). The van der Waals surface area contributed by atoms with E-state index in [1.165, 1.54) is 0 Å². The molecule has 1 aliphatic rings. The zero-order valence-electron chi connectivity index (χ0n) is 12.2. The molecular weight excluding hydrogens is 270 g/mol. The first kappa shape index (κ1) is 15.4. The molecule has 1 aromatic rings. The van der Waals surface area contributed by atoms with Crippen LogP contribution in [0.2, 0.25) is 0 Å². The highest BCUT2D eigenvalue weighted by atomic mass is 32.2. The number of amides is 1. The molecule has 3 nitrogen and oxygen atoms in total. The Labute approximate surface area is 125 Å². The molecule has 1 fully saturated rings. The van der Waals surface area contributed by atoms with Gasteiger partial charge in [-0.1, -0.05) is 43.7 Å². The second kappa shape index (κ2) is 6.64. The third kappa shape index (κ3) is 3.55. The van der Waals surface area contributed by atoms with Gasteiger partial charge in [-0.15, -0.1) is 11.8 Å². The van der Waals surface area contributed by atoms with Crippen molar-refractivity contribution < 1.29 is 9.90 Å². The van der Waals surface area contributed by atoms with Crippen LogP contribution in [-0.4, -0.2) is 32.6 Å². The number of hydrogen-bond acceptors (Lipinski definition) is 3. The average molecular weight is 293 g/mol. The van der Waals surface area contributed by atoms with E-state index in [9.17, 15) is 9.90 Å². The van der Waals surface area contributed by atoms with Crippen molar-refractivity contribution in [2.75, 3.05) is 5.75 Å². The first-order valence-electron chi connectivity index (χ1n) is 7.24. The average Bonchev–Trinajstić information content (AvgIpc) is 2.64. The number of thioether (sulfide) groups is 1. The second-order valence-corrected chi connectivity index (χ2v) is 6.85. The molecule has 0 radical (unpaired) electrons. The molecule has 110 valence electrons.